The van der Waals surface area contributed by atoms with Gasteiger partial charge >= 0.3 is 0 Å². The lowest BCUT2D eigenvalue weighted by molar-refractivity contribution is 0.590. The fraction of sp³-hybridized carbons (Fsp3) is 0.227. The van der Waals surface area contributed by atoms with Gasteiger partial charge in [0, 0.05) is 5.56 Å². The van der Waals surface area contributed by atoms with E-state index in [2.05, 4.69) is 43.0 Å². The Morgan fingerprint density at radius 2 is 1.67 bits per heavy atom. The SMILES string of the molecule is Cc1ccc(-c2nc3s/c(=C\c4ccc(C(C)(C)C)cc4)c(=O)n3n2)cc1. The van der Waals surface area contributed by atoms with E-state index in [0.29, 0.717) is 15.3 Å². The molecule has 0 fully saturated rings. The number of aromatic nitrogens is 3. The van der Waals surface area contributed by atoms with Crippen LogP contribution in [0.4, 0.5) is 0 Å². The zero-order chi connectivity index (χ0) is 19.2. The molecular weight excluding hydrogens is 354 g/mol. The van der Waals surface area contributed by atoms with Crippen molar-refractivity contribution in [2.24, 2.45) is 0 Å². The molecule has 0 amide bonds. The van der Waals surface area contributed by atoms with Crippen LogP contribution in [-0.2, 0) is 5.41 Å². The summed E-state index contributed by atoms with van der Waals surface area (Å²) in [5.74, 6) is 0.583. The van der Waals surface area contributed by atoms with Gasteiger partial charge in [-0.05, 0) is 29.5 Å². The minimum atomic E-state index is -0.124. The molecule has 4 rings (SSSR count). The highest BCUT2D eigenvalue weighted by Gasteiger charge is 2.14. The Morgan fingerprint density at radius 1 is 1.00 bits per heavy atom. The van der Waals surface area contributed by atoms with E-state index in [4.69, 9.17) is 0 Å². The molecule has 2 aromatic heterocycles. The Bertz CT molecular complexity index is 1210. The van der Waals surface area contributed by atoms with Crippen LogP contribution < -0.4 is 10.1 Å². The van der Waals surface area contributed by atoms with E-state index in [0.717, 1.165) is 11.1 Å². The molecule has 0 unspecified atom stereocenters. The largest absolute Gasteiger partial charge is 0.291 e. The highest BCUT2D eigenvalue weighted by Crippen LogP contribution is 2.22. The van der Waals surface area contributed by atoms with Crippen molar-refractivity contribution in [2.45, 2.75) is 33.1 Å². The summed E-state index contributed by atoms with van der Waals surface area (Å²) in [7, 11) is 0. The van der Waals surface area contributed by atoms with Crippen LogP contribution in [0.15, 0.2) is 53.3 Å². The van der Waals surface area contributed by atoms with Crippen molar-refractivity contribution in [3.63, 3.8) is 0 Å². The first kappa shape index (κ1) is 17.6. The Balaban J connectivity index is 1.72. The number of hydrogen-bond acceptors (Lipinski definition) is 4. The third-order valence-corrected chi connectivity index (χ3v) is 5.53. The van der Waals surface area contributed by atoms with Crippen LogP contribution in [0.2, 0.25) is 0 Å². The van der Waals surface area contributed by atoms with Gasteiger partial charge in [-0.2, -0.15) is 9.50 Å². The van der Waals surface area contributed by atoms with Crippen molar-refractivity contribution in [3.8, 4) is 11.4 Å². The number of nitrogens with zero attached hydrogens (tertiary/aromatic N) is 3. The fourth-order valence-corrected chi connectivity index (χ4v) is 3.80. The first-order valence-electron chi connectivity index (χ1n) is 8.90. The Morgan fingerprint density at radius 3 is 2.26 bits per heavy atom. The number of aryl methyl sites for hydroxylation is 1. The van der Waals surface area contributed by atoms with Crippen LogP contribution in [0.5, 0.6) is 0 Å². The highest BCUT2D eigenvalue weighted by molar-refractivity contribution is 7.15. The van der Waals surface area contributed by atoms with Gasteiger partial charge in [0.15, 0.2) is 5.82 Å². The van der Waals surface area contributed by atoms with Crippen LogP contribution in [0, 0.1) is 6.92 Å². The Hall–Kier alpha value is -2.79. The van der Waals surface area contributed by atoms with Crippen LogP contribution >= 0.6 is 11.3 Å². The van der Waals surface area contributed by atoms with E-state index >= 15 is 0 Å². The zero-order valence-electron chi connectivity index (χ0n) is 15.9. The van der Waals surface area contributed by atoms with Gasteiger partial charge in [0.25, 0.3) is 5.56 Å². The Labute approximate surface area is 161 Å². The average Bonchev–Trinajstić information content (AvgIpc) is 3.15. The summed E-state index contributed by atoms with van der Waals surface area (Å²) in [5, 5.41) is 4.40. The van der Waals surface area contributed by atoms with E-state index in [1.165, 1.54) is 27.0 Å². The van der Waals surface area contributed by atoms with Crippen molar-refractivity contribution >= 4 is 22.4 Å². The van der Waals surface area contributed by atoms with Crippen LogP contribution in [0.25, 0.3) is 22.4 Å². The number of fused-ring (bicyclic) bond motifs is 1. The molecule has 27 heavy (non-hydrogen) atoms. The van der Waals surface area contributed by atoms with Gasteiger partial charge in [0.1, 0.15) is 0 Å². The number of thiazole rings is 1. The third-order valence-electron chi connectivity index (χ3n) is 4.57. The predicted molar refractivity (Wildman–Crippen MR) is 111 cm³/mol. The molecule has 0 saturated heterocycles. The van der Waals surface area contributed by atoms with Gasteiger partial charge in [-0.15, -0.1) is 5.10 Å². The molecule has 5 heteroatoms. The van der Waals surface area contributed by atoms with Crippen LogP contribution in [0.3, 0.4) is 0 Å². The number of hydrogen-bond donors (Lipinski definition) is 0. The van der Waals surface area contributed by atoms with E-state index in [9.17, 15) is 4.79 Å². The van der Waals surface area contributed by atoms with Gasteiger partial charge in [-0.25, -0.2) is 0 Å². The van der Waals surface area contributed by atoms with Gasteiger partial charge in [-0.1, -0.05) is 86.2 Å². The van der Waals surface area contributed by atoms with E-state index in [-0.39, 0.29) is 11.0 Å². The van der Waals surface area contributed by atoms with E-state index in [1.807, 2.05) is 49.4 Å². The number of rotatable bonds is 2. The fourth-order valence-electron chi connectivity index (χ4n) is 2.89. The molecule has 4 aromatic rings. The molecule has 0 aliphatic heterocycles. The van der Waals surface area contributed by atoms with Gasteiger partial charge in [0.05, 0.1) is 4.53 Å². The van der Waals surface area contributed by atoms with Crippen molar-refractivity contribution in [1.29, 1.82) is 0 Å². The highest BCUT2D eigenvalue weighted by atomic mass is 32.1. The molecular formula is C22H21N3OS. The molecule has 2 heterocycles. The van der Waals surface area contributed by atoms with E-state index < -0.39 is 0 Å². The molecule has 0 bridgehead atoms. The van der Waals surface area contributed by atoms with Crippen LogP contribution in [-0.4, -0.2) is 14.6 Å². The van der Waals surface area contributed by atoms with Gasteiger partial charge in [0.2, 0.25) is 4.96 Å². The van der Waals surface area contributed by atoms with Crippen molar-refractivity contribution in [2.75, 3.05) is 0 Å². The second kappa shape index (κ2) is 6.43. The van der Waals surface area contributed by atoms with E-state index in [1.54, 1.807) is 0 Å². The van der Waals surface area contributed by atoms with Crippen LogP contribution in [0.1, 0.15) is 37.5 Å². The second-order valence-corrected chi connectivity index (χ2v) is 8.79. The maximum Gasteiger partial charge on any atom is 0.291 e. The van der Waals surface area contributed by atoms with Gasteiger partial charge in [-0.3, -0.25) is 4.79 Å². The second-order valence-electron chi connectivity index (χ2n) is 7.78. The first-order chi connectivity index (χ1) is 12.8. The minimum Gasteiger partial charge on any atom is -0.266 e. The molecule has 0 radical (unpaired) electrons. The lowest BCUT2D eigenvalue weighted by Crippen LogP contribution is -2.23. The summed E-state index contributed by atoms with van der Waals surface area (Å²) in [6.45, 7) is 8.60. The normalized spacial score (nSPS) is 12.8. The third kappa shape index (κ3) is 3.43. The lowest BCUT2D eigenvalue weighted by atomic mass is 9.87. The first-order valence-corrected chi connectivity index (χ1v) is 9.72. The molecule has 0 aliphatic carbocycles. The topological polar surface area (TPSA) is 47.3 Å². The lowest BCUT2D eigenvalue weighted by Gasteiger charge is -2.18. The summed E-state index contributed by atoms with van der Waals surface area (Å²) in [6, 6.07) is 16.3. The Kier molecular flexibility index (Phi) is 4.19. The predicted octanol–water partition coefficient (Wildman–Crippen LogP) is 3.97. The molecule has 136 valence electrons. The molecule has 2 aromatic carbocycles. The molecule has 0 saturated carbocycles. The standard InChI is InChI=1S/C22H21N3OS/c1-14-5-9-16(10-6-14)19-23-21-25(24-19)20(26)18(27-21)13-15-7-11-17(12-8-15)22(2,3)4/h5-13H,1-4H3/b18-13-. The van der Waals surface area contributed by atoms with Crippen molar-refractivity contribution in [3.05, 3.63) is 80.1 Å². The van der Waals surface area contributed by atoms with Crippen molar-refractivity contribution < 1.29 is 0 Å². The maximum atomic E-state index is 12.7. The summed E-state index contributed by atoms with van der Waals surface area (Å²) in [6.07, 6.45) is 1.90. The monoisotopic (exact) mass is 375 g/mol. The summed E-state index contributed by atoms with van der Waals surface area (Å²) < 4.78 is 2.04. The summed E-state index contributed by atoms with van der Waals surface area (Å²) >= 11 is 1.37. The van der Waals surface area contributed by atoms with Crippen molar-refractivity contribution in [1.82, 2.24) is 14.6 Å². The maximum absolute atomic E-state index is 12.7. The number of benzene rings is 2. The average molecular weight is 375 g/mol. The summed E-state index contributed by atoms with van der Waals surface area (Å²) in [5.41, 5.74) is 4.36. The molecule has 0 atom stereocenters. The molecule has 0 spiro atoms. The molecule has 4 nitrogen and oxygen atoms in total. The quantitative estimate of drug-likeness (QED) is 0.533. The smallest absolute Gasteiger partial charge is 0.266 e. The zero-order valence-corrected chi connectivity index (χ0v) is 16.7. The molecule has 0 N–H and O–H groups in total. The minimum absolute atomic E-state index is 0.113. The summed E-state index contributed by atoms with van der Waals surface area (Å²) in [4.78, 5) is 17.8. The molecule has 0 aliphatic rings. The van der Waals surface area contributed by atoms with Gasteiger partial charge < -0.3 is 0 Å².